The van der Waals surface area contributed by atoms with Crippen LogP contribution < -0.4 is 5.32 Å². The van der Waals surface area contributed by atoms with Gasteiger partial charge < -0.3 is 45.1 Å². The van der Waals surface area contributed by atoms with E-state index in [2.05, 4.69) is 123 Å². The van der Waals surface area contributed by atoms with Crippen molar-refractivity contribution in [3.8, 4) is 0 Å². The number of aliphatic hydroxyl groups excluding tert-OH is 5. The van der Waals surface area contributed by atoms with Crippen LogP contribution in [0.25, 0.3) is 0 Å². The lowest BCUT2D eigenvalue weighted by atomic mass is 9.99. The first-order chi connectivity index (χ1) is 42.7. The van der Waals surface area contributed by atoms with E-state index in [9.17, 15) is 35.1 Å². The van der Waals surface area contributed by atoms with Crippen LogP contribution in [0.4, 0.5) is 0 Å². The number of hydrogen-bond donors (Lipinski definition) is 6. The molecule has 0 aromatic carbocycles. The molecule has 87 heavy (non-hydrogen) atoms. The molecule has 0 spiro atoms. The van der Waals surface area contributed by atoms with E-state index < -0.39 is 67.4 Å². The van der Waals surface area contributed by atoms with Gasteiger partial charge in [0, 0.05) is 6.42 Å². The van der Waals surface area contributed by atoms with E-state index in [0.29, 0.717) is 12.8 Å². The Hall–Kier alpha value is -3.68. The average molecular weight is 1220 g/mol. The van der Waals surface area contributed by atoms with Crippen LogP contribution >= 0.6 is 0 Å². The molecule has 0 saturated carbocycles. The molecule has 1 aliphatic heterocycles. The Labute approximate surface area is 532 Å². The maximum absolute atomic E-state index is 13.5. The summed E-state index contributed by atoms with van der Waals surface area (Å²) in [6.45, 7) is 5.65. The number of hydrogen-bond acceptors (Lipinski definition) is 10. The number of esters is 1. The lowest BCUT2D eigenvalue weighted by Gasteiger charge is -2.41. The summed E-state index contributed by atoms with van der Waals surface area (Å²) in [6.07, 6.45) is 75.5. The highest BCUT2D eigenvalue weighted by atomic mass is 16.7. The van der Waals surface area contributed by atoms with Gasteiger partial charge in [0.05, 0.1) is 25.4 Å². The molecule has 0 aliphatic carbocycles. The Kier molecular flexibility index (Phi) is 58.4. The Morgan fingerprint density at radius 1 is 0.460 bits per heavy atom. The Bertz CT molecular complexity index is 1830. The number of carbonyl (C=O) groups is 2. The van der Waals surface area contributed by atoms with E-state index in [1.165, 1.54) is 128 Å². The maximum Gasteiger partial charge on any atom is 0.306 e. The molecule has 500 valence electrons. The number of allylic oxidation sites excluding steroid dienone is 17. The Morgan fingerprint density at radius 3 is 1.26 bits per heavy atom. The fourth-order valence-corrected chi connectivity index (χ4v) is 10.6. The van der Waals surface area contributed by atoms with Gasteiger partial charge in [-0.3, -0.25) is 9.59 Å². The molecule has 8 atom stereocenters. The van der Waals surface area contributed by atoms with Crippen LogP contribution in [-0.2, 0) is 23.8 Å². The third-order valence-corrected chi connectivity index (χ3v) is 16.2. The zero-order valence-corrected chi connectivity index (χ0v) is 55.6. The third-order valence-electron chi connectivity index (χ3n) is 16.2. The van der Waals surface area contributed by atoms with Crippen LogP contribution in [-0.4, -0.2) is 99.6 Å². The third kappa shape index (κ3) is 49.7. The molecule has 1 amide bonds. The quantitative estimate of drug-likeness (QED) is 0.0195. The number of aliphatic hydroxyl groups is 5. The van der Waals surface area contributed by atoms with E-state index in [1.54, 1.807) is 6.08 Å². The van der Waals surface area contributed by atoms with Gasteiger partial charge in [-0.1, -0.05) is 291 Å². The minimum Gasteiger partial charge on any atom is -0.454 e. The molecule has 1 heterocycles. The number of unbranched alkanes of at least 4 members (excludes halogenated alkanes) is 30. The van der Waals surface area contributed by atoms with E-state index in [4.69, 9.17) is 14.2 Å². The lowest BCUT2D eigenvalue weighted by Crippen LogP contribution is -2.61. The van der Waals surface area contributed by atoms with E-state index in [1.807, 2.05) is 6.08 Å². The molecule has 8 unspecified atom stereocenters. The van der Waals surface area contributed by atoms with Crippen LogP contribution in [0, 0.1) is 0 Å². The minimum absolute atomic E-state index is 0.111. The van der Waals surface area contributed by atoms with Crippen molar-refractivity contribution in [1.82, 2.24) is 5.32 Å². The van der Waals surface area contributed by atoms with Crippen LogP contribution in [0.3, 0.4) is 0 Å². The molecule has 0 radical (unpaired) electrons. The van der Waals surface area contributed by atoms with Crippen molar-refractivity contribution >= 4 is 11.9 Å². The first kappa shape index (κ1) is 81.3. The summed E-state index contributed by atoms with van der Waals surface area (Å²) in [4.78, 5) is 26.7. The molecule has 0 aromatic rings. The molecular weight excluding hydrogens is 1090 g/mol. The lowest BCUT2D eigenvalue weighted by molar-refractivity contribution is -0.305. The van der Waals surface area contributed by atoms with Crippen molar-refractivity contribution in [2.75, 3.05) is 13.2 Å². The minimum atomic E-state index is -1.62. The second-order valence-electron chi connectivity index (χ2n) is 24.2. The molecule has 6 N–H and O–H groups in total. The van der Waals surface area contributed by atoms with E-state index >= 15 is 0 Å². The highest BCUT2D eigenvalue weighted by molar-refractivity contribution is 5.80. The molecule has 1 aliphatic rings. The first-order valence-electron chi connectivity index (χ1n) is 35.7. The van der Waals surface area contributed by atoms with Crippen molar-refractivity contribution in [2.45, 2.75) is 346 Å². The van der Waals surface area contributed by atoms with Gasteiger partial charge in [-0.15, -0.1) is 0 Å². The molecule has 0 aromatic heterocycles. The zero-order valence-electron chi connectivity index (χ0n) is 55.6. The molecule has 1 fully saturated rings. The topological polar surface area (TPSA) is 175 Å². The van der Waals surface area contributed by atoms with Crippen molar-refractivity contribution in [2.24, 2.45) is 0 Å². The summed E-state index contributed by atoms with van der Waals surface area (Å²) >= 11 is 0. The predicted octanol–water partition coefficient (Wildman–Crippen LogP) is 18.4. The summed E-state index contributed by atoms with van der Waals surface area (Å²) in [5.74, 6) is -1.21. The first-order valence-corrected chi connectivity index (χ1v) is 35.7. The monoisotopic (exact) mass is 1220 g/mol. The number of nitrogens with one attached hydrogen (secondary N) is 1. The summed E-state index contributed by atoms with van der Waals surface area (Å²) < 4.78 is 17.7. The standard InChI is InChI=1S/C76H131NO10/c1-4-7-10-13-16-19-22-24-26-28-30-32-33-34-35-36-38-39-41-43-45-48-51-54-57-60-63-69(80)75(84)77-67(68(79)62-59-56-53-50-47-21-18-15-12-9-6-3)66-85-76-74(73(83)72(82)70(65-78)86-76)87-71(81)64-61-58-55-52-49-46-44-42-40-37-31-29-27-25-23-20-17-14-11-8-5-2/h7,10,16-17,19-20,24-27,30-32,34-35,37,59,62,67-70,72-74,76,78-80,82-83H,4-6,8-9,11-15,18,21-23,28-29,33,36,38-58,60-61,63-66H2,1-3H3,(H,77,84)/b10-7-,19-16-,20-17-,26-24-,27-25-,32-30-,35-34-,37-31-,62-59+. The molecule has 0 bridgehead atoms. The normalized spacial score (nSPS) is 18.9. The largest absolute Gasteiger partial charge is 0.454 e. The fraction of sp³-hybridized carbons (Fsp3) is 0.737. The summed E-state index contributed by atoms with van der Waals surface area (Å²) in [5, 5.41) is 57.2. The van der Waals surface area contributed by atoms with E-state index in [-0.39, 0.29) is 19.4 Å². The second-order valence-corrected chi connectivity index (χ2v) is 24.2. The van der Waals surface area contributed by atoms with Crippen LogP contribution in [0.2, 0.25) is 0 Å². The number of ether oxygens (including phenoxy) is 3. The summed E-state index contributed by atoms with van der Waals surface area (Å²) in [6, 6.07) is -1.03. The van der Waals surface area contributed by atoms with Crippen molar-refractivity contribution in [1.29, 1.82) is 0 Å². The van der Waals surface area contributed by atoms with Crippen LogP contribution in [0.1, 0.15) is 297 Å². The van der Waals surface area contributed by atoms with Crippen molar-refractivity contribution in [3.05, 3.63) is 109 Å². The van der Waals surface area contributed by atoms with Gasteiger partial charge >= 0.3 is 5.97 Å². The second kappa shape index (κ2) is 62.5. The Balaban J connectivity index is 2.56. The number of carbonyl (C=O) groups excluding carboxylic acids is 2. The van der Waals surface area contributed by atoms with E-state index in [0.717, 1.165) is 122 Å². The predicted molar refractivity (Wildman–Crippen MR) is 365 cm³/mol. The molecule has 11 nitrogen and oxygen atoms in total. The van der Waals surface area contributed by atoms with Gasteiger partial charge in [-0.05, 0) is 109 Å². The maximum atomic E-state index is 13.5. The van der Waals surface area contributed by atoms with Gasteiger partial charge in [0.15, 0.2) is 12.4 Å². The molecule has 1 saturated heterocycles. The molecule has 1 rings (SSSR count). The highest BCUT2D eigenvalue weighted by Gasteiger charge is 2.47. The smallest absolute Gasteiger partial charge is 0.306 e. The highest BCUT2D eigenvalue weighted by Crippen LogP contribution is 2.26. The fourth-order valence-electron chi connectivity index (χ4n) is 10.6. The molecule has 11 heteroatoms. The van der Waals surface area contributed by atoms with Gasteiger partial charge in [0.2, 0.25) is 5.91 Å². The van der Waals surface area contributed by atoms with Gasteiger partial charge in [-0.25, -0.2) is 0 Å². The average Bonchev–Trinajstić information content (AvgIpc) is 1.30. The number of rotatable bonds is 60. The van der Waals surface area contributed by atoms with Crippen LogP contribution in [0.5, 0.6) is 0 Å². The summed E-state index contributed by atoms with van der Waals surface area (Å²) in [5.41, 5.74) is 0. The zero-order chi connectivity index (χ0) is 63.1. The van der Waals surface area contributed by atoms with Crippen molar-refractivity contribution < 1.29 is 49.3 Å². The SMILES string of the molecule is CC/C=C\C/C=C\C/C=C\C/C=C\C/C=C\CCCCCCCCCCCCC(O)C(=O)NC(COC1OC(CO)C(O)C(O)C1OC(=O)CCCCCCCCCC/C=C\C/C=C\C/C=C\CCCCC)C(O)/C=C/CCCCCCCCCCC. The van der Waals surface area contributed by atoms with Crippen LogP contribution in [0.15, 0.2) is 109 Å². The summed E-state index contributed by atoms with van der Waals surface area (Å²) in [7, 11) is 0. The van der Waals surface area contributed by atoms with Gasteiger partial charge in [0.1, 0.15) is 24.4 Å². The molecular formula is C76H131NO10. The van der Waals surface area contributed by atoms with Crippen molar-refractivity contribution in [3.63, 3.8) is 0 Å². The number of amides is 1. The van der Waals surface area contributed by atoms with Gasteiger partial charge in [-0.2, -0.15) is 0 Å². The Morgan fingerprint density at radius 2 is 0.828 bits per heavy atom. The van der Waals surface area contributed by atoms with Gasteiger partial charge in [0.25, 0.3) is 0 Å².